The molecule has 0 aliphatic heterocycles. The largest absolute Gasteiger partial charge is 0.494 e. The zero-order chi connectivity index (χ0) is 15.8. The standard InChI is InChI=1S/C16H20N4O2/c1-3-4-8-22-14-7-5-6-13(10-14)11-17-20-16-18-12(2)9-15(21)19-16/h5-7,9-11H,3-4,8H2,1-2H3,(H2,18,19,20,21). The van der Waals surface area contributed by atoms with Gasteiger partial charge in [-0.05, 0) is 31.0 Å². The molecule has 1 aromatic carbocycles. The SMILES string of the molecule is CCCCOc1cccc(C=NNc2nc(C)cc(=O)[nH]2)c1. The van der Waals surface area contributed by atoms with E-state index >= 15 is 0 Å². The highest BCUT2D eigenvalue weighted by Crippen LogP contribution is 2.12. The number of nitrogens with one attached hydrogen (secondary N) is 2. The van der Waals surface area contributed by atoms with Gasteiger partial charge < -0.3 is 4.74 Å². The van der Waals surface area contributed by atoms with Crippen molar-refractivity contribution in [2.45, 2.75) is 26.7 Å². The second-order valence-electron chi connectivity index (χ2n) is 4.88. The van der Waals surface area contributed by atoms with E-state index in [0.29, 0.717) is 18.2 Å². The van der Waals surface area contributed by atoms with Gasteiger partial charge in [0.15, 0.2) is 0 Å². The molecule has 0 atom stereocenters. The molecular weight excluding hydrogens is 280 g/mol. The highest BCUT2D eigenvalue weighted by Gasteiger charge is 1.97. The molecule has 0 aliphatic rings. The first-order valence-corrected chi connectivity index (χ1v) is 7.27. The van der Waals surface area contributed by atoms with Gasteiger partial charge in [0.2, 0.25) is 5.95 Å². The molecule has 6 heteroatoms. The summed E-state index contributed by atoms with van der Waals surface area (Å²) in [5.74, 6) is 1.14. The summed E-state index contributed by atoms with van der Waals surface area (Å²) in [6.07, 6.45) is 3.79. The molecule has 6 nitrogen and oxygen atoms in total. The lowest BCUT2D eigenvalue weighted by Gasteiger charge is -2.05. The normalized spacial score (nSPS) is 10.8. The number of aromatic amines is 1. The number of hydrazone groups is 1. The van der Waals surface area contributed by atoms with Crippen LogP contribution >= 0.6 is 0 Å². The quantitative estimate of drug-likeness (QED) is 0.468. The molecule has 0 bridgehead atoms. The van der Waals surface area contributed by atoms with Crippen LogP contribution in [-0.4, -0.2) is 22.8 Å². The minimum atomic E-state index is -0.212. The van der Waals surface area contributed by atoms with Crippen molar-refractivity contribution in [1.82, 2.24) is 9.97 Å². The highest BCUT2D eigenvalue weighted by atomic mass is 16.5. The van der Waals surface area contributed by atoms with Crippen LogP contribution in [0.2, 0.25) is 0 Å². The molecule has 0 spiro atoms. The molecule has 0 saturated heterocycles. The minimum absolute atomic E-state index is 0.212. The second kappa shape index (κ2) is 7.97. The van der Waals surface area contributed by atoms with Crippen molar-refractivity contribution in [3.8, 4) is 5.75 Å². The Balaban J connectivity index is 1.97. The Morgan fingerprint density at radius 2 is 2.27 bits per heavy atom. The molecular formula is C16H20N4O2. The van der Waals surface area contributed by atoms with E-state index in [2.05, 4.69) is 27.4 Å². The smallest absolute Gasteiger partial charge is 0.252 e. The summed E-state index contributed by atoms with van der Waals surface area (Å²) < 4.78 is 5.64. The monoisotopic (exact) mass is 300 g/mol. The van der Waals surface area contributed by atoms with Gasteiger partial charge in [-0.25, -0.2) is 10.4 Å². The van der Waals surface area contributed by atoms with Gasteiger partial charge in [-0.15, -0.1) is 0 Å². The van der Waals surface area contributed by atoms with Crippen molar-refractivity contribution in [3.63, 3.8) is 0 Å². The summed E-state index contributed by atoms with van der Waals surface area (Å²) in [6.45, 7) is 4.59. The van der Waals surface area contributed by atoms with E-state index < -0.39 is 0 Å². The van der Waals surface area contributed by atoms with E-state index in [1.807, 2.05) is 24.3 Å². The van der Waals surface area contributed by atoms with E-state index in [9.17, 15) is 4.79 Å². The van der Waals surface area contributed by atoms with Gasteiger partial charge in [-0.1, -0.05) is 25.5 Å². The van der Waals surface area contributed by atoms with Gasteiger partial charge in [0.05, 0.1) is 12.8 Å². The predicted octanol–water partition coefficient (Wildman–Crippen LogP) is 2.70. The van der Waals surface area contributed by atoms with Crippen molar-refractivity contribution in [2.75, 3.05) is 12.0 Å². The topological polar surface area (TPSA) is 79.4 Å². The molecule has 116 valence electrons. The number of unbranched alkanes of at least 4 members (excludes halogenated alkanes) is 1. The van der Waals surface area contributed by atoms with Gasteiger partial charge in [0.1, 0.15) is 5.75 Å². The number of hydrogen-bond donors (Lipinski definition) is 2. The maximum Gasteiger partial charge on any atom is 0.252 e. The van der Waals surface area contributed by atoms with Gasteiger partial charge in [-0.2, -0.15) is 5.10 Å². The summed E-state index contributed by atoms with van der Waals surface area (Å²) in [6, 6.07) is 9.08. The average Bonchev–Trinajstić information content (AvgIpc) is 2.47. The van der Waals surface area contributed by atoms with Crippen LogP contribution in [0, 0.1) is 6.92 Å². The van der Waals surface area contributed by atoms with Crippen LogP contribution in [0.25, 0.3) is 0 Å². The highest BCUT2D eigenvalue weighted by molar-refractivity contribution is 5.80. The van der Waals surface area contributed by atoms with E-state index in [0.717, 1.165) is 24.2 Å². The Morgan fingerprint density at radius 3 is 3.05 bits per heavy atom. The lowest BCUT2D eigenvalue weighted by Crippen LogP contribution is -2.10. The molecule has 2 aromatic rings. The number of rotatable bonds is 7. The first-order valence-electron chi connectivity index (χ1n) is 7.27. The fourth-order valence-corrected chi connectivity index (χ4v) is 1.82. The molecule has 0 aliphatic carbocycles. The van der Waals surface area contributed by atoms with Crippen LogP contribution in [0.1, 0.15) is 31.0 Å². The molecule has 0 saturated carbocycles. The van der Waals surface area contributed by atoms with E-state index in [-0.39, 0.29) is 5.56 Å². The van der Waals surface area contributed by atoms with Crippen molar-refractivity contribution in [2.24, 2.45) is 5.10 Å². The molecule has 1 aromatic heterocycles. The molecule has 22 heavy (non-hydrogen) atoms. The summed E-state index contributed by atoms with van der Waals surface area (Å²) >= 11 is 0. The maximum absolute atomic E-state index is 11.3. The van der Waals surface area contributed by atoms with Crippen molar-refractivity contribution < 1.29 is 4.74 Å². The fourth-order valence-electron chi connectivity index (χ4n) is 1.82. The van der Waals surface area contributed by atoms with Crippen molar-refractivity contribution >= 4 is 12.2 Å². The van der Waals surface area contributed by atoms with Gasteiger partial charge in [-0.3, -0.25) is 9.78 Å². The summed E-state index contributed by atoms with van der Waals surface area (Å²) in [5, 5.41) is 4.07. The fraction of sp³-hybridized carbons (Fsp3) is 0.312. The third-order valence-corrected chi connectivity index (χ3v) is 2.88. The molecule has 1 heterocycles. The van der Waals surface area contributed by atoms with E-state index in [4.69, 9.17) is 4.74 Å². The predicted molar refractivity (Wildman–Crippen MR) is 87.7 cm³/mol. The zero-order valence-corrected chi connectivity index (χ0v) is 12.8. The minimum Gasteiger partial charge on any atom is -0.494 e. The molecule has 0 fully saturated rings. The van der Waals surface area contributed by atoms with Crippen LogP contribution in [0.3, 0.4) is 0 Å². The second-order valence-corrected chi connectivity index (χ2v) is 4.88. The number of hydrogen-bond acceptors (Lipinski definition) is 5. The van der Waals surface area contributed by atoms with Gasteiger partial charge in [0.25, 0.3) is 5.56 Å². The average molecular weight is 300 g/mol. The van der Waals surface area contributed by atoms with Crippen molar-refractivity contribution in [1.29, 1.82) is 0 Å². The van der Waals surface area contributed by atoms with E-state index in [1.165, 1.54) is 6.07 Å². The third kappa shape index (κ3) is 5.05. The van der Waals surface area contributed by atoms with Gasteiger partial charge >= 0.3 is 0 Å². The molecule has 2 rings (SSSR count). The summed E-state index contributed by atoms with van der Waals surface area (Å²) in [5.41, 5.74) is 4.03. The molecule has 0 amide bonds. The molecule has 0 unspecified atom stereocenters. The molecule has 2 N–H and O–H groups in total. The van der Waals surface area contributed by atoms with Crippen molar-refractivity contribution in [3.05, 3.63) is 51.9 Å². The number of aryl methyl sites for hydroxylation is 1. The third-order valence-electron chi connectivity index (χ3n) is 2.88. The summed E-state index contributed by atoms with van der Waals surface area (Å²) in [7, 11) is 0. The van der Waals surface area contributed by atoms with E-state index in [1.54, 1.807) is 13.1 Å². The summed E-state index contributed by atoms with van der Waals surface area (Å²) in [4.78, 5) is 18.0. The van der Waals surface area contributed by atoms with Crippen LogP contribution in [0.15, 0.2) is 40.2 Å². The Kier molecular flexibility index (Phi) is 5.71. The Bertz CT molecular complexity index is 695. The Hall–Kier alpha value is -2.63. The van der Waals surface area contributed by atoms with Crippen LogP contribution < -0.4 is 15.7 Å². The van der Waals surface area contributed by atoms with Crippen LogP contribution in [0.4, 0.5) is 5.95 Å². The van der Waals surface area contributed by atoms with Gasteiger partial charge in [0, 0.05) is 11.8 Å². The Morgan fingerprint density at radius 1 is 1.41 bits per heavy atom. The number of anilines is 1. The lowest BCUT2D eigenvalue weighted by atomic mass is 10.2. The Labute approximate surface area is 129 Å². The van der Waals surface area contributed by atoms with Crippen LogP contribution in [-0.2, 0) is 0 Å². The number of benzene rings is 1. The first kappa shape index (κ1) is 15.8. The number of aromatic nitrogens is 2. The molecule has 0 radical (unpaired) electrons. The lowest BCUT2D eigenvalue weighted by molar-refractivity contribution is 0.309. The zero-order valence-electron chi connectivity index (χ0n) is 12.8. The number of H-pyrrole nitrogens is 1. The first-order chi connectivity index (χ1) is 10.7. The van der Waals surface area contributed by atoms with Crippen LogP contribution in [0.5, 0.6) is 5.75 Å². The maximum atomic E-state index is 11.3. The number of ether oxygens (including phenoxy) is 1. The number of nitrogens with zero attached hydrogens (tertiary/aromatic N) is 2.